The summed E-state index contributed by atoms with van der Waals surface area (Å²) in [5.41, 5.74) is 1.67. The van der Waals surface area contributed by atoms with Crippen molar-refractivity contribution in [2.75, 3.05) is 13.1 Å². The van der Waals surface area contributed by atoms with Gasteiger partial charge in [-0.15, -0.1) is 13.2 Å². The zero-order valence-electron chi connectivity index (χ0n) is 12.6. The standard InChI is InChI=1S/C11H9BrN2O.C6H11N/c1-14-11(15)6-5-10(13-14)8-3-2-4-9(12)7-8;1-3-5-7-6-4-2/h2-7H,1H3;3-4,7H,1-2,5-6H2. The molecule has 0 spiro atoms. The number of nitrogens with zero attached hydrogens (tertiary/aromatic N) is 2. The van der Waals surface area contributed by atoms with Crippen LogP contribution < -0.4 is 10.9 Å². The topological polar surface area (TPSA) is 46.9 Å². The van der Waals surface area contributed by atoms with E-state index in [0.717, 1.165) is 28.8 Å². The molecule has 0 bridgehead atoms. The second-order valence-corrected chi connectivity index (χ2v) is 5.34. The van der Waals surface area contributed by atoms with Crippen LogP contribution in [0.5, 0.6) is 0 Å². The van der Waals surface area contributed by atoms with Gasteiger partial charge in [0.05, 0.1) is 5.69 Å². The molecular weight excluding hydrogens is 342 g/mol. The zero-order chi connectivity index (χ0) is 16.4. The van der Waals surface area contributed by atoms with Crippen LogP contribution in [0.3, 0.4) is 0 Å². The number of rotatable bonds is 5. The van der Waals surface area contributed by atoms with E-state index in [4.69, 9.17) is 0 Å². The molecule has 0 amide bonds. The molecule has 0 aliphatic carbocycles. The first-order chi connectivity index (χ1) is 10.6. The van der Waals surface area contributed by atoms with E-state index in [0.29, 0.717) is 0 Å². The van der Waals surface area contributed by atoms with Gasteiger partial charge in [-0.05, 0) is 18.2 Å². The SMILES string of the molecule is C=CCNCC=C.Cn1nc(-c2cccc(Br)c2)ccc1=O. The summed E-state index contributed by atoms with van der Waals surface area (Å²) in [6.45, 7) is 8.81. The van der Waals surface area contributed by atoms with Crippen molar-refractivity contribution in [2.45, 2.75) is 0 Å². The van der Waals surface area contributed by atoms with Gasteiger partial charge in [0.25, 0.3) is 5.56 Å². The first-order valence-electron chi connectivity index (χ1n) is 6.81. The minimum absolute atomic E-state index is 0.103. The lowest BCUT2D eigenvalue weighted by Crippen LogP contribution is -2.18. The zero-order valence-corrected chi connectivity index (χ0v) is 14.2. The van der Waals surface area contributed by atoms with Crippen molar-refractivity contribution in [1.82, 2.24) is 15.1 Å². The summed E-state index contributed by atoms with van der Waals surface area (Å²) in [6.07, 6.45) is 3.65. The summed E-state index contributed by atoms with van der Waals surface area (Å²) < 4.78 is 2.33. The van der Waals surface area contributed by atoms with Crippen LogP contribution >= 0.6 is 15.9 Å². The largest absolute Gasteiger partial charge is 0.310 e. The maximum absolute atomic E-state index is 11.2. The van der Waals surface area contributed by atoms with Crippen LogP contribution in [0.1, 0.15) is 0 Å². The van der Waals surface area contributed by atoms with E-state index < -0.39 is 0 Å². The molecule has 1 heterocycles. The molecular formula is C17H20BrN3O. The number of aromatic nitrogens is 2. The highest BCUT2D eigenvalue weighted by molar-refractivity contribution is 9.10. The Hall–Kier alpha value is -1.98. The van der Waals surface area contributed by atoms with Crippen molar-refractivity contribution < 1.29 is 0 Å². The molecule has 0 unspecified atom stereocenters. The Balaban J connectivity index is 0.000000295. The van der Waals surface area contributed by atoms with Gasteiger partial charge in [-0.25, -0.2) is 4.68 Å². The van der Waals surface area contributed by atoms with Crippen LogP contribution in [0.2, 0.25) is 0 Å². The van der Waals surface area contributed by atoms with Gasteiger partial charge in [0.1, 0.15) is 0 Å². The molecule has 2 rings (SSSR count). The number of halogens is 1. The molecule has 22 heavy (non-hydrogen) atoms. The molecule has 5 heteroatoms. The van der Waals surface area contributed by atoms with Crippen LogP contribution in [-0.2, 0) is 7.05 Å². The van der Waals surface area contributed by atoms with Crippen molar-refractivity contribution in [3.63, 3.8) is 0 Å². The van der Waals surface area contributed by atoms with Gasteiger partial charge in [-0.3, -0.25) is 4.79 Å². The maximum atomic E-state index is 11.2. The molecule has 0 atom stereocenters. The molecule has 0 saturated heterocycles. The van der Waals surface area contributed by atoms with Gasteiger partial charge in [0.2, 0.25) is 0 Å². The van der Waals surface area contributed by atoms with Crippen LogP contribution in [0.4, 0.5) is 0 Å². The fourth-order valence-corrected chi connectivity index (χ4v) is 1.99. The number of hydrogen-bond acceptors (Lipinski definition) is 3. The summed E-state index contributed by atoms with van der Waals surface area (Å²) >= 11 is 3.40. The Bertz CT molecular complexity index is 672. The van der Waals surface area contributed by atoms with Crippen molar-refractivity contribution in [3.05, 3.63) is 76.5 Å². The number of hydrogen-bond donors (Lipinski definition) is 1. The third-order valence-electron chi connectivity index (χ3n) is 2.66. The van der Waals surface area contributed by atoms with Gasteiger partial charge < -0.3 is 5.32 Å². The smallest absolute Gasteiger partial charge is 0.266 e. The van der Waals surface area contributed by atoms with Gasteiger partial charge in [-0.2, -0.15) is 5.10 Å². The third-order valence-corrected chi connectivity index (χ3v) is 3.15. The lowest BCUT2D eigenvalue weighted by Gasteiger charge is -2.02. The molecule has 116 valence electrons. The molecule has 0 radical (unpaired) electrons. The molecule has 1 aromatic carbocycles. The molecule has 0 aliphatic rings. The Labute approximate surface area is 139 Å². The maximum Gasteiger partial charge on any atom is 0.266 e. The fourth-order valence-electron chi connectivity index (χ4n) is 1.59. The number of aryl methyl sites for hydroxylation is 1. The number of benzene rings is 1. The van der Waals surface area contributed by atoms with Crippen LogP contribution in [-0.4, -0.2) is 22.9 Å². The Kier molecular flexibility index (Phi) is 8.10. The second kappa shape index (κ2) is 9.87. The van der Waals surface area contributed by atoms with Crippen molar-refractivity contribution in [1.29, 1.82) is 0 Å². The Morgan fingerprint density at radius 1 is 1.23 bits per heavy atom. The molecule has 1 N–H and O–H groups in total. The van der Waals surface area contributed by atoms with E-state index in [1.807, 2.05) is 36.4 Å². The van der Waals surface area contributed by atoms with Crippen molar-refractivity contribution in [2.24, 2.45) is 7.05 Å². The van der Waals surface area contributed by atoms with E-state index in [1.165, 1.54) is 10.7 Å². The highest BCUT2D eigenvalue weighted by atomic mass is 79.9. The van der Waals surface area contributed by atoms with Crippen molar-refractivity contribution in [3.8, 4) is 11.3 Å². The average molecular weight is 362 g/mol. The quantitative estimate of drug-likeness (QED) is 0.657. The normalized spacial score (nSPS) is 9.55. The van der Waals surface area contributed by atoms with Gasteiger partial charge in [0, 0.05) is 36.2 Å². The molecule has 2 aromatic rings. The summed E-state index contributed by atoms with van der Waals surface area (Å²) in [5.74, 6) is 0. The van der Waals surface area contributed by atoms with E-state index >= 15 is 0 Å². The second-order valence-electron chi connectivity index (χ2n) is 4.43. The summed E-state index contributed by atoms with van der Waals surface area (Å²) in [4.78, 5) is 11.2. The van der Waals surface area contributed by atoms with Crippen LogP contribution in [0.25, 0.3) is 11.3 Å². The summed E-state index contributed by atoms with van der Waals surface area (Å²) in [7, 11) is 1.64. The fraction of sp³-hybridized carbons (Fsp3) is 0.176. The molecule has 4 nitrogen and oxygen atoms in total. The van der Waals surface area contributed by atoms with E-state index in [9.17, 15) is 4.79 Å². The highest BCUT2D eigenvalue weighted by Crippen LogP contribution is 2.19. The average Bonchev–Trinajstić information content (AvgIpc) is 2.51. The minimum Gasteiger partial charge on any atom is -0.310 e. The predicted molar refractivity (Wildman–Crippen MR) is 95.9 cm³/mol. The predicted octanol–water partition coefficient (Wildman–Crippen LogP) is 3.16. The third kappa shape index (κ3) is 6.20. The molecule has 1 aromatic heterocycles. The van der Waals surface area contributed by atoms with E-state index in [1.54, 1.807) is 13.1 Å². The highest BCUT2D eigenvalue weighted by Gasteiger charge is 2.01. The van der Waals surface area contributed by atoms with Gasteiger partial charge in [-0.1, -0.05) is 40.2 Å². The summed E-state index contributed by atoms with van der Waals surface area (Å²) in [5, 5.41) is 7.22. The van der Waals surface area contributed by atoms with Crippen molar-refractivity contribution >= 4 is 15.9 Å². The Morgan fingerprint density at radius 2 is 1.91 bits per heavy atom. The minimum atomic E-state index is -0.103. The first-order valence-corrected chi connectivity index (χ1v) is 7.60. The number of nitrogens with one attached hydrogen (secondary N) is 1. The molecule has 0 fully saturated rings. The molecule has 0 saturated carbocycles. The first kappa shape index (κ1) is 18.1. The van der Waals surface area contributed by atoms with Crippen LogP contribution in [0, 0.1) is 0 Å². The van der Waals surface area contributed by atoms with E-state index in [2.05, 4.69) is 39.5 Å². The lowest BCUT2D eigenvalue weighted by molar-refractivity contribution is 0.712. The summed E-state index contributed by atoms with van der Waals surface area (Å²) in [6, 6.07) is 11.1. The van der Waals surface area contributed by atoms with Gasteiger partial charge in [0.15, 0.2) is 0 Å². The lowest BCUT2D eigenvalue weighted by atomic mass is 10.1. The Morgan fingerprint density at radius 3 is 2.45 bits per heavy atom. The van der Waals surface area contributed by atoms with E-state index in [-0.39, 0.29) is 5.56 Å². The molecule has 0 aliphatic heterocycles. The monoisotopic (exact) mass is 361 g/mol. The van der Waals surface area contributed by atoms with Crippen LogP contribution in [0.15, 0.2) is 71.0 Å². The van der Waals surface area contributed by atoms with Gasteiger partial charge >= 0.3 is 0 Å².